The number of fused-ring (bicyclic) bond motifs is 1. The van der Waals surface area contributed by atoms with Gasteiger partial charge < -0.3 is 9.72 Å². The second-order valence-corrected chi connectivity index (χ2v) is 5.93. The van der Waals surface area contributed by atoms with Crippen LogP contribution < -0.4 is 4.74 Å². The lowest BCUT2D eigenvalue weighted by Gasteiger charge is -2.32. The Morgan fingerprint density at radius 3 is 2.95 bits per heavy atom. The highest BCUT2D eigenvalue weighted by molar-refractivity contribution is 7.71. The third-order valence-electron chi connectivity index (χ3n) is 4.47. The van der Waals surface area contributed by atoms with E-state index in [-0.39, 0.29) is 0 Å². The van der Waals surface area contributed by atoms with Gasteiger partial charge >= 0.3 is 0 Å². The quantitative estimate of drug-likeness (QED) is 0.860. The van der Waals surface area contributed by atoms with E-state index in [4.69, 9.17) is 17.0 Å². The lowest BCUT2D eigenvalue weighted by molar-refractivity contribution is 0.234. The van der Waals surface area contributed by atoms with E-state index < -0.39 is 0 Å². The van der Waals surface area contributed by atoms with E-state index in [2.05, 4.69) is 21.5 Å². The number of H-pyrrole nitrogens is 1. The van der Waals surface area contributed by atoms with E-state index in [9.17, 15) is 0 Å². The molecule has 1 N–H and O–H groups in total. The van der Waals surface area contributed by atoms with Crippen molar-refractivity contribution in [3.05, 3.63) is 16.9 Å². The first-order chi connectivity index (χ1) is 9.74. The molecule has 3 rings (SSSR count). The number of ether oxygens (including phenoxy) is 1. The third kappa shape index (κ3) is 2.24. The molecule has 1 aliphatic rings. The van der Waals surface area contributed by atoms with Crippen LogP contribution >= 0.6 is 12.2 Å². The van der Waals surface area contributed by atoms with Gasteiger partial charge in [0.2, 0.25) is 5.88 Å². The lowest BCUT2D eigenvalue weighted by atomic mass is 9.83. The molecule has 0 radical (unpaired) electrons. The van der Waals surface area contributed by atoms with E-state index in [1.54, 1.807) is 7.11 Å². The van der Waals surface area contributed by atoms with Crippen LogP contribution in [0.2, 0.25) is 0 Å². The second kappa shape index (κ2) is 5.56. The van der Waals surface area contributed by atoms with Gasteiger partial charge in [0.25, 0.3) is 0 Å². The Bertz CT molecular complexity index is 661. The molecule has 1 aliphatic carbocycles. The molecule has 1 saturated carbocycles. The highest BCUT2D eigenvalue weighted by atomic mass is 32.1. The zero-order valence-electron chi connectivity index (χ0n) is 12.1. The van der Waals surface area contributed by atoms with E-state index >= 15 is 0 Å². The van der Waals surface area contributed by atoms with Crippen LogP contribution in [0.15, 0.2) is 12.1 Å². The SMILES string of the molecule is CCC1CCCCC1n1c(=S)[nH]c2ccc(OC)nc21. The summed E-state index contributed by atoms with van der Waals surface area (Å²) in [4.78, 5) is 7.88. The van der Waals surface area contributed by atoms with E-state index in [0.717, 1.165) is 15.9 Å². The molecule has 5 heteroatoms. The number of hydrogen-bond donors (Lipinski definition) is 1. The molecule has 1 fully saturated rings. The van der Waals surface area contributed by atoms with Crippen molar-refractivity contribution in [3.8, 4) is 5.88 Å². The Morgan fingerprint density at radius 2 is 2.20 bits per heavy atom. The lowest BCUT2D eigenvalue weighted by Crippen LogP contribution is -2.23. The van der Waals surface area contributed by atoms with Gasteiger partial charge in [0, 0.05) is 12.1 Å². The Hall–Kier alpha value is -1.36. The summed E-state index contributed by atoms with van der Waals surface area (Å²) >= 11 is 5.54. The number of rotatable bonds is 3. The summed E-state index contributed by atoms with van der Waals surface area (Å²) in [5.74, 6) is 1.34. The van der Waals surface area contributed by atoms with Gasteiger partial charge in [0.05, 0.1) is 12.6 Å². The van der Waals surface area contributed by atoms with E-state index in [1.165, 1.54) is 32.1 Å². The molecule has 2 unspecified atom stereocenters. The summed E-state index contributed by atoms with van der Waals surface area (Å²) in [6.45, 7) is 2.27. The molecule has 2 atom stereocenters. The molecule has 2 aromatic rings. The Kier molecular flexibility index (Phi) is 3.78. The van der Waals surface area contributed by atoms with Crippen molar-refractivity contribution in [1.29, 1.82) is 0 Å². The predicted molar refractivity (Wildman–Crippen MR) is 82.8 cm³/mol. The molecule has 0 aromatic carbocycles. The summed E-state index contributed by atoms with van der Waals surface area (Å²) in [6.07, 6.45) is 6.29. The highest BCUT2D eigenvalue weighted by Gasteiger charge is 2.27. The summed E-state index contributed by atoms with van der Waals surface area (Å²) in [7, 11) is 1.65. The fraction of sp³-hybridized carbons (Fsp3) is 0.600. The maximum atomic E-state index is 5.54. The number of nitrogens with zero attached hydrogens (tertiary/aromatic N) is 2. The van der Waals surface area contributed by atoms with Crippen LogP contribution in [0, 0.1) is 10.7 Å². The molecule has 108 valence electrons. The van der Waals surface area contributed by atoms with Gasteiger partial charge in [0.15, 0.2) is 10.4 Å². The van der Waals surface area contributed by atoms with Crippen molar-refractivity contribution in [2.45, 2.75) is 45.1 Å². The Balaban J connectivity index is 2.13. The van der Waals surface area contributed by atoms with Crippen molar-refractivity contribution in [3.63, 3.8) is 0 Å². The van der Waals surface area contributed by atoms with Crippen molar-refractivity contribution in [1.82, 2.24) is 14.5 Å². The topological polar surface area (TPSA) is 42.8 Å². The molecule has 0 saturated heterocycles. The molecule has 0 amide bonds. The van der Waals surface area contributed by atoms with Crippen LogP contribution in [0.25, 0.3) is 11.2 Å². The number of nitrogens with one attached hydrogen (secondary N) is 1. The van der Waals surface area contributed by atoms with Gasteiger partial charge in [-0.15, -0.1) is 0 Å². The first kappa shape index (κ1) is 13.6. The molecule has 0 spiro atoms. The van der Waals surface area contributed by atoms with Crippen molar-refractivity contribution < 1.29 is 4.74 Å². The molecule has 2 heterocycles. The third-order valence-corrected chi connectivity index (χ3v) is 4.77. The van der Waals surface area contributed by atoms with Gasteiger partial charge in [-0.1, -0.05) is 26.2 Å². The van der Waals surface area contributed by atoms with Crippen molar-refractivity contribution in [2.75, 3.05) is 7.11 Å². The molecule has 0 bridgehead atoms. The zero-order valence-corrected chi connectivity index (χ0v) is 12.9. The minimum atomic E-state index is 0.467. The minimum absolute atomic E-state index is 0.467. The fourth-order valence-electron chi connectivity index (χ4n) is 3.41. The van der Waals surface area contributed by atoms with Crippen LogP contribution in [0.1, 0.15) is 45.1 Å². The maximum absolute atomic E-state index is 5.54. The number of aromatic nitrogens is 3. The van der Waals surface area contributed by atoms with Crippen LogP contribution in [-0.4, -0.2) is 21.6 Å². The van der Waals surface area contributed by atoms with Gasteiger partial charge in [-0.3, -0.25) is 4.57 Å². The van der Waals surface area contributed by atoms with Gasteiger partial charge in [-0.05, 0) is 37.0 Å². The van der Waals surface area contributed by atoms with E-state index in [0.29, 0.717) is 17.8 Å². The number of methoxy groups -OCH3 is 1. The Morgan fingerprint density at radius 1 is 1.40 bits per heavy atom. The first-order valence-electron chi connectivity index (χ1n) is 7.39. The first-order valence-corrected chi connectivity index (χ1v) is 7.80. The number of imidazole rings is 1. The summed E-state index contributed by atoms with van der Waals surface area (Å²) in [5, 5.41) is 0. The average molecular weight is 291 g/mol. The van der Waals surface area contributed by atoms with E-state index in [1.807, 2.05) is 12.1 Å². The maximum Gasteiger partial charge on any atom is 0.215 e. The largest absolute Gasteiger partial charge is 0.481 e. The van der Waals surface area contributed by atoms with Crippen LogP contribution in [0.4, 0.5) is 0 Å². The van der Waals surface area contributed by atoms with Gasteiger partial charge in [-0.2, -0.15) is 4.98 Å². The molecular weight excluding hydrogens is 270 g/mol. The fourth-order valence-corrected chi connectivity index (χ4v) is 3.74. The second-order valence-electron chi connectivity index (χ2n) is 5.55. The number of hydrogen-bond acceptors (Lipinski definition) is 3. The minimum Gasteiger partial charge on any atom is -0.481 e. The standard InChI is InChI=1S/C15H21N3OS/c1-3-10-6-4-5-7-12(10)18-14-11(16-15(18)20)8-9-13(17-14)19-2/h8-10,12H,3-7H2,1-2H3,(H,16,20). The van der Waals surface area contributed by atoms with Crippen molar-refractivity contribution in [2.24, 2.45) is 5.92 Å². The predicted octanol–water partition coefficient (Wildman–Crippen LogP) is 4.24. The van der Waals surface area contributed by atoms with Crippen LogP contribution in [-0.2, 0) is 0 Å². The summed E-state index contributed by atoms with van der Waals surface area (Å²) < 4.78 is 8.26. The molecule has 4 nitrogen and oxygen atoms in total. The molecule has 20 heavy (non-hydrogen) atoms. The molecule has 0 aliphatic heterocycles. The normalized spacial score (nSPS) is 23.1. The van der Waals surface area contributed by atoms with Gasteiger partial charge in [-0.25, -0.2) is 0 Å². The Labute approximate surface area is 124 Å². The number of aromatic amines is 1. The average Bonchev–Trinajstić information content (AvgIpc) is 2.81. The van der Waals surface area contributed by atoms with Crippen molar-refractivity contribution >= 4 is 23.4 Å². The summed E-state index contributed by atoms with van der Waals surface area (Å²) in [5.41, 5.74) is 1.93. The zero-order chi connectivity index (χ0) is 14.1. The highest BCUT2D eigenvalue weighted by Crippen LogP contribution is 2.37. The van der Waals surface area contributed by atoms with Crippen LogP contribution in [0.5, 0.6) is 5.88 Å². The number of pyridine rings is 1. The molecule has 2 aromatic heterocycles. The summed E-state index contributed by atoms with van der Waals surface area (Å²) in [6, 6.07) is 4.34. The van der Waals surface area contributed by atoms with Gasteiger partial charge in [0.1, 0.15) is 0 Å². The molecular formula is C15H21N3OS. The monoisotopic (exact) mass is 291 g/mol. The van der Waals surface area contributed by atoms with Crippen LogP contribution in [0.3, 0.4) is 0 Å². The smallest absolute Gasteiger partial charge is 0.215 e.